The van der Waals surface area contributed by atoms with Crippen molar-refractivity contribution in [3.05, 3.63) is 22.3 Å². The number of nitrogens with zero attached hydrogens (tertiary/aromatic N) is 1. The summed E-state index contributed by atoms with van der Waals surface area (Å²) in [5.74, 6) is 1.28. The molecule has 0 unspecified atom stereocenters. The Hall–Kier alpha value is -1.07. The van der Waals surface area contributed by atoms with E-state index in [0.717, 1.165) is 12.8 Å². The highest BCUT2D eigenvalue weighted by Crippen LogP contribution is 2.56. The molecule has 1 saturated carbocycles. The first-order valence-electron chi connectivity index (χ1n) is 9.33. The second-order valence-corrected chi connectivity index (χ2v) is 8.59. The number of hydrogen-bond acceptors (Lipinski definition) is 2. The maximum Gasteiger partial charge on any atom is 0.0627 e. The van der Waals surface area contributed by atoms with Crippen LogP contribution >= 0.6 is 0 Å². The topological polar surface area (TPSA) is 44.0 Å². The molecule has 2 heteroatoms. The van der Waals surface area contributed by atoms with Crippen LogP contribution < -0.4 is 0 Å². The van der Waals surface area contributed by atoms with Crippen LogP contribution in [0.3, 0.4) is 0 Å². The van der Waals surface area contributed by atoms with Crippen molar-refractivity contribution in [3.63, 3.8) is 0 Å². The monoisotopic (exact) mass is 313 g/mol. The van der Waals surface area contributed by atoms with E-state index in [0.29, 0.717) is 24.2 Å². The van der Waals surface area contributed by atoms with Crippen molar-refractivity contribution in [2.75, 3.05) is 0 Å². The van der Waals surface area contributed by atoms with E-state index in [2.05, 4.69) is 33.8 Å². The van der Waals surface area contributed by atoms with Gasteiger partial charge in [-0.1, -0.05) is 43.1 Å². The van der Waals surface area contributed by atoms with Crippen molar-refractivity contribution in [1.29, 1.82) is 5.26 Å². The number of aliphatic hydroxyl groups is 1. The molecule has 5 atom stereocenters. The quantitative estimate of drug-likeness (QED) is 0.716. The molecule has 0 heterocycles. The number of hydrogen-bond donors (Lipinski definition) is 1. The van der Waals surface area contributed by atoms with Gasteiger partial charge < -0.3 is 5.11 Å². The highest BCUT2D eigenvalue weighted by molar-refractivity contribution is 5.36. The summed E-state index contributed by atoms with van der Waals surface area (Å²) in [5, 5.41) is 20.0. The lowest BCUT2D eigenvalue weighted by Crippen LogP contribution is -2.33. The van der Waals surface area contributed by atoms with Gasteiger partial charge in [-0.2, -0.15) is 5.26 Å². The third-order valence-corrected chi connectivity index (χ3v) is 7.12. The lowest BCUT2D eigenvalue weighted by atomic mass is 9.67. The molecule has 126 valence electrons. The predicted octanol–water partition coefficient (Wildman–Crippen LogP) is 5.15. The lowest BCUT2D eigenvalue weighted by molar-refractivity contribution is 0.0775. The SMILES string of the molecule is CC1=C2C[C@@]3(C)CCC([C@@H](C)CC#N)=C3C[C@H](O)[C@H](C)[C@@H]2CC1. The van der Waals surface area contributed by atoms with Gasteiger partial charge in [-0.3, -0.25) is 0 Å². The Kier molecular flexibility index (Phi) is 4.45. The molecule has 0 aromatic carbocycles. The fraction of sp³-hybridized carbons (Fsp3) is 0.762. The minimum Gasteiger partial charge on any atom is -0.392 e. The van der Waals surface area contributed by atoms with E-state index in [1.165, 1.54) is 36.8 Å². The first-order chi connectivity index (χ1) is 10.9. The first-order valence-corrected chi connectivity index (χ1v) is 9.33. The van der Waals surface area contributed by atoms with Crippen LogP contribution in [0.5, 0.6) is 0 Å². The predicted molar refractivity (Wildman–Crippen MR) is 93.6 cm³/mol. The van der Waals surface area contributed by atoms with Crippen LogP contribution in [0.2, 0.25) is 0 Å². The van der Waals surface area contributed by atoms with Crippen LogP contribution in [-0.2, 0) is 0 Å². The average Bonchev–Trinajstić information content (AvgIpc) is 3.00. The number of allylic oxidation sites excluding steroid dienone is 3. The fourth-order valence-corrected chi connectivity index (χ4v) is 5.45. The normalized spacial score (nSPS) is 38.7. The summed E-state index contributed by atoms with van der Waals surface area (Å²) in [6.45, 7) is 9.14. The van der Waals surface area contributed by atoms with Gasteiger partial charge in [0.15, 0.2) is 0 Å². The first kappa shape index (κ1) is 16.8. The Morgan fingerprint density at radius 3 is 2.83 bits per heavy atom. The van der Waals surface area contributed by atoms with Crippen molar-refractivity contribution in [2.45, 2.75) is 78.7 Å². The number of rotatable bonds is 2. The zero-order chi connectivity index (χ0) is 16.8. The zero-order valence-corrected chi connectivity index (χ0v) is 15.2. The van der Waals surface area contributed by atoms with Crippen LogP contribution in [0, 0.1) is 34.5 Å². The Morgan fingerprint density at radius 2 is 2.13 bits per heavy atom. The molecule has 0 aromatic heterocycles. The van der Waals surface area contributed by atoms with Gasteiger partial charge in [0, 0.05) is 6.42 Å². The molecule has 0 amide bonds. The van der Waals surface area contributed by atoms with Crippen molar-refractivity contribution in [2.24, 2.45) is 23.2 Å². The molecule has 2 nitrogen and oxygen atoms in total. The second-order valence-electron chi connectivity index (χ2n) is 8.59. The summed E-state index contributed by atoms with van der Waals surface area (Å²) in [7, 11) is 0. The Morgan fingerprint density at radius 1 is 1.39 bits per heavy atom. The van der Waals surface area contributed by atoms with Crippen LogP contribution in [0.15, 0.2) is 22.3 Å². The van der Waals surface area contributed by atoms with Crippen molar-refractivity contribution >= 4 is 0 Å². The smallest absolute Gasteiger partial charge is 0.0627 e. The van der Waals surface area contributed by atoms with Gasteiger partial charge in [0.25, 0.3) is 0 Å². The lowest BCUT2D eigenvalue weighted by Gasteiger charge is -2.39. The molecule has 1 N–H and O–H groups in total. The minimum absolute atomic E-state index is 0.208. The molecule has 0 saturated heterocycles. The third kappa shape index (κ3) is 2.78. The molecular formula is C21H31NO. The van der Waals surface area contributed by atoms with E-state index in [1.807, 2.05) is 0 Å². The fourth-order valence-electron chi connectivity index (χ4n) is 5.45. The van der Waals surface area contributed by atoms with Crippen LogP contribution in [-0.4, -0.2) is 11.2 Å². The van der Waals surface area contributed by atoms with E-state index < -0.39 is 0 Å². The minimum atomic E-state index is -0.238. The molecule has 23 heavy (non-hydrogen) atoms. The maximum atomic E-state index is 10.9. The molecule has 0 spiro atoms. The van der Waals surface area contributed by atoms with E-state index >= 15 is 0 Å². The van der Waals surface area contributed by atoms with E-state index in [-0.39, 0.29) is 11.5 Å². The highest BCUT2D eigenvalue weighted by Gasteiger charge is 2.45. The Balaban J connectivity index is 2.02. The molecule has 3 rings (SSSR count). The largest absolute Gasteiger partial charge is 0.392 e. The molecule has 0 bridgehead atoms. The van der Waals surface area contributed by atoms with Crippen molar-refractivity contribution < 1.29 is 5.11 Å². The van der Waals surface area contributed by atoms with Gasteiger partial charge in [-0.15, -0.1) is 0 Å². The maximum absolute atomic E-state index is 10.9. The van der Waals surface area contributed by atoms with Crippen molar-refractivity contribution in [1.82, 2.24) is 0 Å². The molecule has 3 aliphatic rings. The number of fused-ring (bicyclic) bond motifs is 2. The number of nitriles is 1. The van der Waals surface area contributed by atoms with Gasteiger partial charge in [-0.25, -0.2) is 0 Å². The third-order valence-electron chi connectivity index (χ3n) is 7.12. The molecular weight excluding hydrogens is 282 g/mol. The Bertz CT molecular complexity index is 593. The van der Waals surface area contributed by atoms with Crippen LogP contribution in [0.1, 0.15) is 72.6 Å². The zero-order valence-electron chi connectivity index (χ0n) is 15.2. The summed E-state index contributed by atoms with van der Waals surface area (Å²) >= 11 is 0. The number of aliphatic hydroxyl groups excluding tert-OH is 1. The van der Waals surface area contributed by atoms with E-state index in [1.54, 1.807) is 11.1 Å². The molecule has 3 aliphatic carbocycles. The summed E-state index contributed by atoms with van der Waals surface area (Å²) in [4.78, 5) is 0. The summed E-state index contributed by atoms with van der Waals surface area (Å²) in [6.07, 6.45) is 7.12. The van der Waals surface area contributed by atoms with Gasteiger partial charge in [0.05, 0.1) is 12.2 Å². The Labute approximate surface area is 141 Å². The van der Waals surface area contributed by atoms with Crippen LogP contribution in [0.4, 0.5) is 0 Å². The molecule has 0 radical (unpaired) electrons. The molecule has 1 fully saturated rings. The molecule has 0 aromatic rings. The van der Waals surface area contributed by atoms with Crippen molar-refractivity contribution in [3.8, 4) is 6.07 Å². The second kappa shape index (κ2) is 6.10. The van der Waals surface area contributed by atoms with E-state index in [4.69, 9.17) is 5.26 Å². The summed E-state index contributed by atoms with van der Waals surface area (Å²) in [5.41, 5.74) is 6.40. The van der Waals surface area contributed by atoms with E-state index in [9.17, 15) is 5.11 Å². The summed E-state index contributed by atoms with van der Waals surface area (Å²) in [6, 6.07) is 2.34. The summed E-state index contributed by atoms with van der Waals surface area (Å²) < 4.78 is 0. The van der Waals surface area contributed by atoms with Gasteiger partial charge in [-0.05, 0) is 68.6 Å². The highest BCUT2D eigenvalue weighted by atomic mass is 16.3. The average molecular weight is 313 g/mol. The van der Waals surface area contributed by atoms with Gasteiger partial charge >= 0.3 is 0 Å². The van der Waals surface area contributed by atoms with Gasteiger partial charge in [0.1, 0.15) is 0 Å². The molecule has 0 aliphatic heterocycles. The van der Waals surface area contributed by atoms with Crippen LogP contribution in [0.25, 0.3) is 0 Å². The standard InChI is InChI=1S/C21H31NO/c1-13-5-6-17-15(3)20(23)11-19-16(14(2)8-10-22)7-9-21(19,4)12-18(13)17/h14-15,17,20,23H,5-9,11-12H2,1-4H3/t14-,15+,17-,20-,21+/m0/s1. The van der Waals surface area contributed by atoms with Gasteiger partial charge in [0.2, 0.25) is 0 Å².